The van der Waals surface area contributed by atoms with Gasteiger partial charge in [0.25, 0.3) is 5.91 Å². The molecule has 2 rings (SSSR count). The van der Waals surface area contributed by atoms with Gasteiger partial charge in [-0.25, -0.2) is 0 Å². The molecule has 96 valence electrons. The monoisotopic (exact) mass is 256 g/mol. The van der Waals surface area contributed by atoms with Gasteiger partial charge in [-0.1, -0.05) is 18.2 Å². The summed E-state index contributed by atoms with van der Waals surface area (Å²) < 4.78 is 35.8. The molecule has 1 aromatic heterocycles. The van der Waals surface area contributed by atoms with Crippen molar-refractivity contribution in [3.63, 3.8) is 0 Å². The topological polar surface area (TPSA) is 44.9 Å². The van der Waals surface area contributed by atoms with E-state index in [2.05, 4.69) is 10.3 Å². The minimum Gasteiger partial charge on any atom is -0.360 e. The summed E-state index contributed by atoms with van der Waals surface area (Å²) in [5.41, 5.74) is 1.13. The van der Waals surface area contributed by atoms with Crippen molar-refractivity contribution in [3.05, 3.63) is 36.0 Å². The first-order valence-corrected chi connectivity index (χ1v) is 5.38. The Hall–Kier alpha value is -1.98. The van der Waals surface area contributed by atoms with E-state index in [-0.39, 0.29) is 0 Å². The number of amides is 1. The highest BCUT2D eigenvalue weighted by Crippen LogP contribution is 2.19. The fourth-order valence-corrected chi connectivity index (χ4v) is 1.67. The molecule has 0 aliphatic carbocycles. The van der Waals surface area contributed by atoms with Crippen molar-refractivity contribution in [1.29, 1.82) is 0 Å². The minimum atomic E-state index is -4.26. The van der Waals surface area contributed by atoms with Crippen molar-refractivity contribution in [2.75, 3.05) is 6.54 Å². The first kappa shape index (κ1) is 12.5. The van der Waals surface area contributed by atoms with Crippen LogP contribution >= 0.6 is 0 Å². The summed E-state index contributed by atoms with van der Waals surface area (Å²) in [6, 6.07) is 7.11. The number of carbonyl (C=O) groups excluding carboxylic acids is 1. The molecule has 0 radical (unpaired) electrons. The van der Waals surface area contributed by atoms with Gasteiger partial charge in [0, 0.05) is 23.6 Å². The lowest BCUT2D eigenvalue weighted by atomic mass is 10.1. The summed E-state index contributed by atoms with van der Waals surface area (Å²) in [7, 11) is 0. The lowest BCUT2D eigenvalue weighted by molar-refractivity contribution is -0.132. The molecule has 2 aromatic rings. The molecule has 0 fully saturated rings. The number of rotatable bonds is 3. The number of carbonyl (C=O) groups is 1. The van der Waals surface area contributed by atoms with Crippen LogP contribution in [-0.2, 0) is 0 Å². The molecule has 6 heteroatoms. The third-order valence-electron chi connectivity index (χ3n) is 2.53. The second-order valence-electron chi connectivity index (χ2n) is 3.87. The number of hydrogen-bond donors (Lipinski definition) is 2. The van der Waals surface area contributed by atoms with Gasteiger partial charge in [-0.05, 0) is 6.07 Å². The molecular weight excluding hydrogens is 245 g/mol. The Morgan fingerprint density at radius 1 is 1.28 bits per heavy atom. The Balaban J connectivity index is 2.05. The van der Waals surface area contributed by atoms with Gasteiger partial charge in [-0.2, -0.15) is 13.2 Å². The highest BCUT2D eigenvalue weighted by Gasteiger charge is 2.26. The van der Waals surface area contributed by atoms with Crippen LogP contribution in [0, 0.1) is 0 Å². The van der Waals surface area contributed by atoms with Crippen LogP contribution in [0.5, 0.6) is 0 Å². The summed E-state index contributed by atoms with van der Waals surface area (Å²) in [6.07, 6.45) is -3.79. The molecule has 3 nitrogen and oxygen atoms in total. The number of aromatic nitrogens is 1. The van der Waals surface area contributed by atoms with Crippen molar-refractivity contribution in [2.24, 2.45) is 0 Å². The maximum absolute atomic E-state index is 11.9. The average Bonchev–Trinajstić information content (AvgIpc) is 2.70. The fourth-order valence-electron chi connectivity index (χ4n) is 1.67. The van der Waals surface area contributed by atoms with Crippen molar-refractivity contribution in [3.8, 4) is 0 Å². The zero-order valence-electron chi connectivity index (χ0n) is 9.34. The molecule has 0 saturated heterocycles. The van der Waals surface area contributed by atoms with Crippen LogP contribution in [-0.4, -0.2) is 23.6 Å². The number of alkyl halides is 3. The van der Waals surface area contributed by atoms with Gasteiger partial charge in [-0.15, -0.1) is 0 Å². The normalized spacial score (nSPS) is 11.7. The molecule has 0 saturated carbocycles. The van der Waals surface area contributed by atoms with E-state index in [0.29, 0.717) is 10.9 Å². The van der Waals surface area contributed by atoms with E-state index in [9.17, 15) is 18.0 Å². The van der Waals surface area contributed by atoms with Crippen LogP contribution in [0.15, 0.2) is 30.5 Å². The molecule has 0 bridgehead atoms. The van der Waals surface area contributed by atoms with E-state index in [0.717, 1.165) is 5.52 Å². The number of hydrogen-bond acceptors (Lipinski definition) is 1. The van der Waals surface area contributed by atoms with E-state index in [1.165, 1.54) is 6.20 Å². The van der Waals surface area contributed by atoms with Gasteiger partial charge in [0.05, 0.1) is 12.0 Å². The van der Waals surface area contributed by atoms with Crippen LogP contribution in [0.3, 0.4) is 0 Å². The van der Waals surface area contributed by atoms with Crippen LogP contribution in [0.1, 0.15) is 16.8 Å². The number of fused-ring (bicyclic) bond motifs is 1. The number of halogens is 3. The first-order chi connectivity index (χ1) is 8.47. The third kappa shape index (κ3) is 2.82. The van der Waals surface area contributed by atoms with Gasteiger partial charge < -0.3 is 10.3 Å². The number of benzene rings is 1. The molecule has 1 heterocycles. The molecule has 0 atom stereocenters. The van der Waals surface area contributed by atoms with Gasteiger partial charge in [0.15, 0.2) is 0 Å². The molecule has 18 heavy (non-hydrogen) atoms. The second-order valence-corrected chi connectivity index (χ2v) is 3.87. The number of para-hydroxylation sites is 1. The maximum atomic E-state index is 11.9. The van der Waals surface area contributed by atoms with Crippen LogP contribution < -0.4 is 5.32 Å². The number of aromatic amines is 1. The summed E-state index contributed by atoms with van der Waals surface area (Å²) in [4.78, 5) is 14.6. The molecule has 1 amide bonds. The molecule has 0 aliphatic rings. The predicted molar refractivity (Wildman–Crippen MR) is 61.3 cm³/mol. The SMILES string of the molecule is O=C(NCCC(F)(F)F)c1c[nH]c2ccccc12. The minimum absolute atomic E-state index is 0.354. The number of H-pyrrole nitrogens is 1. The smallest absolute Gasteiger partial charge is 0.360 e. The van der Waals surface area contributed by atoms with Crippen LogP contribution in [0.25, 0.3) is 10.9 Å². The highest BCUT2D eigenvalue weighted by atomic mass is 19.4. The van der Waals surface area contributed by atoms with Crippen LogP contribution in [0.2, 0.25) is 0 Å². The van der Waals surface area contributed by atoms with E-state index in [1.54, 1.807) is 18.2 Å². The third-order valence-corrected chi connectivity index (χ3v) is 2.53. The summed E-state index contributed by atoms with van der Waals surface area (Å²) >= 11 is 0. The Bertz CT molecular complexity index is 560. The Labute approximate surface area is 101 Å². The standard InChI is InChI=1S/C12H11F3N2O/c13-12(14,15)5-6-16-11(18)9-7-17-10-4-2-1-3-8(9)10/h1-4,7,17H,5-6H2,(H,16,18). The Morgan fingerprint density at radius 3 is 2.72 bits per heavy atom. The molecule has 0 unspecified atom stereocenters. The van der Waals surface area contributed by atoms with Crippen molar-refractivity contribution < 1.29 is 18.0 Å². The van der Waals surface area contributed by atoms with Crippen molar-refractivity contribution in [1.82, 2.24) is 10.3 Å². The highest BCUT2D eigenvalue weighted by molar-refractivity contribution is 6.06. The van der Waals surface area contributed by atoms with Gasteiger partial charge in [-0.3, -0.25) is 4.79 Å². The summed E-state index contributed by atoms with van der Waals surface area (Å²) in [5, 5.41) is 2.95. The largest absolute Gasteiger partial charge is 0.390 e. The summed E-state index contributed by atoms with van der Waals surface area (Å²) in [6.45, 7) is -0.415. The van der Waals surface area contributed by atoms with E-state index in [1.807, 2.05) is 6.07 Å². The Kier molecular flexibility index (Phi) is 3.27. The number of nitrogens with one attached hydrogen (secondary N) is 2. The second kappa shape index (κ2) is 4.72. The lowest BCUT2D eigenvalue weighted by Crippen LogP contribution is -2.27. The average molecular weight is 256 g/mol. The lowest BCUT2D eigenvalue weighted by Gasteiger charge is -2.07. The maximum Gasteiger partial charge on any atom is 0.390 e. The van der Waals surface area contributed by atoms with Gasteiger partial charge >= 0.3 is 6.18 Å². The molecule has 2 N–H and O–H groups in total. The molecule has 1 aromatic carbocycles. The van der Waals surface area contributed by atoms with Crippen LogP contribution in [0.4, 0.5) is 13.2 Å². The van der Waals surface area contributed by atoms with Gasteiger partial charge in [0.1, 0.15) is 0 Å². The Morgan fingerprint density at radius 2 is 2.00 bits per heavy atom. The fraction of sp³-hybridized carbons (Fsp3) is 0.250. The predicted octanol–water partition coefficient (Wildman–Crippen LogP) is 2.85. The van der Waals surface area contributed by atoms with E-state index < -0.39 is 25.0 Å². The molecule has 0 aliphatic heterocycles. The zero-order chi connectivity index (χ0) is 13.2. The van der Waals surface area contributed by atoms with Crippen molar-refractivity contribution >= 4 is 16.8 Å². The quantitative estimate of drug-likeness (QED) is 0.871. The van der Waals surface area contributed by atoms with Gasteiger partial charge in [0.2, 0.25) is 0 Å². The van der Waals surface area contributed by atoms with Crippen molar-refractivity contribution in [2.45, 2.75) is 12.6 Å². The summed E-state index contributed by atoms with van der Waals surface area (Å²) in [5.74, 6) is -0.503. The zero-order valence-corrected chi connectivity index (χ0v) is 9.34. The molecular formula is C12H11F3N2O. The molecule has 0 spiro atoms. The van der Waals surface area contributed by atoms with E-state index in [4.69, 9.17) is 0 Å². The first-order valence-electron chi connectivity index (χ1n) is 5.38. The van der Waals surface area contributed by atoms with E-state index >= 15 is 0 Å².